The Morgan fingerprint density at radius 2 is 2.25 bits per heavy atom. The molecule has 88 valence electrons. The van der Waals surface area contributed by atoms with Gasteiger partial charge in [-0.25, -0.2) is 0 Å². The molecule has 0 amide bonds. The average molecular weight is 224 g/mol. The molecule has 1 rings (SSSR count). The van der Waals surface area contributed by atoms with Gasteiger partial charge in [0.1, 0.15) is 0 Å². The normalized spacial score (nSPS) is 12.4. The number of nitrogens with zero attached hydrogens (tertiary/aromatic N) is 1. The molecule has 5 heteroatoms. The van der Waals surface area contributed by atoms with Crippen molar-refractivity contribution < 1.29 is 10.0 Å². The highest BCUT2D eigenvalue weighted by molar-refractivity contribution is 5.41. The summed E-state index contributed by atoms with van der Waals surface area (Å²) in [6, 6.07) is 5.02. The minimum Gasteiger partial charge on any atom is -0.392 e. The highest BCUT2D eigenvalue weighted by atomic mass is 16.6. The molecule has 0 saturated carbocycles. The monoisotopic (exact) mass is 224 g/mol. The zero-order valence-corrected chi connectivity index (χ0v) is 9.43. The topological polar surface area (TPSA) is 75.4 Å². The van der Waals surface area contributed by atoms with Crippen molar-refractivity contribution in [3.63, 3.8) is 0 Å². The van der Waals surface area contributed by atoms with Gasteiger partial charge in [-0.05, 0) is 25.5 Å². The van der Waals surface area contributed by atoms with Gasteiger partial charge in [-0.15, -0.1) is 0 Å². The van der Waals surface area contributed by atoms with Gasteiger partial charge in [0.2, 0.25) is 0 Å². The van der Waals surface area contributed by atoms with Gasteiger partial charge in [0, 0.05) is 24.7 Å². The summed E-state index contributed by atoms with van der Waals surface area (Å²) < 4.78 is 0. The van der Waals surface area contributed by atoms with Crippen LogP contribution in [0.25, 0.3) is 0 Å². The molecule has 0 saturated heterocycles. The summed E-state index contributed by atoms with van der Waals surface area (Å²) in [5.41, 5.74) is 1.77. The molecule has 1 aromatic carbocycles. The molecule has 0 unspecified atom stereocenters. The van der Waals surface area contributed by atoms with Crippen molar-refractivity contribution in [3.05, 3.63) is 39.4 Å². The van der Waals surface area contributed by atoms with Crippen LogP contribution in [0.1, 0.15) is 18.1 Å². The molecule has 0 radical (unpaired) electrons. The van der Waals surface area contributed by atoms with Gasteiger partial charge in [-0.3, -0.25) is 10.1 Å². The van der Waals surface area contributed by atoms with Gasteiger partial charge in [0.25, 0.3) is 5.69 Å². The van der Waals surface area contributed by atoms with Gasteiger partial charge in [0.15, 0.2) is 0 Å². The SMILES string of the molecule is Cc1cc(CNC[C@H](C)O)ccc1[N+](=O)[O-]. The second-order valence-corrected chi connectivity index (χ2v) is 3.86. The summed E-state index contributed by atoms with van der Waals surface area (Å²) >= 11 is 0. The Morgan fingerprint density at radius 3 is 2.75 bits per heavy atom. The van der Waals surface area contributed by atoms with Gasteiger partial charge < -0.3 is 10.4 Å². The number of hydrogen-bond acceptors (Lipinski definition) is 4. The molecule has 0 aliphatic carbocycles. The highest BCUT2D eigenvalue weighted by Gasteiger charge is 2.09. The summed E-state index contributed by atoms with van der Waals surface area (Å²) in [5.74, 6) is 0. The van der Waals surface area contributed by atoms with Crippen LogP contribution in [0.5, 0.6) is 0 Å². The minimum atomic E-state index is -0.390. The number of nitro groups is 1. The number of aliphatic hydroxyl groups is 1. The standard InChI is InChI=1S/C11H16N2O3/c1-8-5-10(7-12-6-9(2)14)3-4-11(8)13(15)16/h3-5,9,12,14H,6-7H2,1-2H3/t9-/m0/s1. The van der Waals surface area contributed by atoms with Gasteiger partial charge >= 0.3 is 0 Å². The van der Waals surface area contributed by atoms with Crippen molar-refractivity contribution in [1.29, 1.82) is 0 Å². The van der Waals surface area contributed by atoms with E-state index in [1.54, 1.807) is 26.0 Å². The van der Waals surface area contributed by atoms with Crippen molar-refractivity contribution in [2.75, 3.05) is 6.54 Å². The summed E-state index contributed by atoms with van der Waals surface area (Å²) in [6.07, 6.45) is -0.390. The summed E-state index contributed by atoms with van der Waals surface area (Å²) in [4.78, 5) is 10.2. The third-order valence-corrected chi connectivity index (χ3v) is 2.23. The predicted octanol–water partition coefficient (Wildman–Crippen LogP) is 1.37. The number of hydrogen-bond donors (Lipinski definition) is 2. The first-order valence-corrected chi connectivity index (χ1v) is 5.13. The molecule has 0 heterocycles. The van der Waals surface area contributed by atoms with Crippen molar-refractivity contribution in [1.82, 2.24) is 5.32 Å². The second kappa shape index (κ2) is 5.58. The van der Waals surface area contributed by atoms with E-state index in [1.807, 2.05) is 0 Å². The van der Waals surface area contributed by atoms with Gasteiger partial charge in [-0.2, -0.15) is 0 Å². The van der Waals surface area contributed by atoms with Crippen molar-refractivity contribution in [2.24, 2.45) is 0 Å². The van der Waals surface area contributed by atoms with E-state index in [9.17, 15) is 10.1 Å². The summed E-state index contributed by atoms with van der Waals surface area (Å²) in [5, 5.41) is 22.7. The van der Waals surface area contributed by atoms with E-state index in [1.165, 1.54) is 6.07 Å². The maximum Gasteiger partial charge on any atom is 0.272 e. The van der Waals surface area contributed by atoms with Crippen LogP contribution in [-0.4, -0.2) is 22.7 Å². The zero-order chi connectivity index (χ0) is 12.1. The van der Waals surface area contributed by atoms with Crippen LogP contribution in [0, 0.1) is 17.0 Å². The summed E-state index contributed by atoms with van der Waals surface area (Å²) in [6.45, 7) is 4.53. The van der Waals surface area contributed by atoms with Gasteiger partial charge in [-0.1, -0.05) is 6.07 Å². The lowest BCUT2D eigenvalue weighted by molar-refractivity contribution is -0.385. The number of aryl methyl sites for hydroxylation is 1. The van der Waals surface area contributed by atoms with E-state index in [-0.39, 0.29) is 16.7 Å². The molecule has 2 N–H and O–H groups in total. The Labute approximate surface area is 94.3 Å². The lowest BCUT2D eigenvalue weighted by Crippen LogP contribution is -2.23. The van der Waals surface area contributed by atoms with Crippen LogP contribution in [0.2, 0.25) is 0 Å². The first-order valence-electron chi connectivity index (χ1n) is 5.13. The largest absolute Gasteiger partial charge is 0.392 e. The molecule has 0 spiro atoms. The lowest BCUT2D eigenvalue weighted by Gasteiger charge is -2.07. The smallest absolute Gasteiger partial charge is 0.272 e. The van der Waals surface area contributed by atoms with Crippen LogP contribution in [0.4, 0.5) is 5.69 Å². The molecule has 1 atom stereocenters. The predicted molar refractivity (Wildman–Crippen MR) is 61.2 cm³/mol. The Hall–Kier alpha value is -1.46. The Morgan fingerprint density at radius 1 is 1.56 bits per heavy atom. The minimum absolute atomic E-state index is 0.138. The molecule has 0 fully saturated rings. The highest BCUT2D eigenvalue weighted by Crippen LogP contribution is 2.18. The van der Waals surface area contributed by atoms with E-state index in [0.717, 1.165) is 5.56 Å². The Bertz CT molecular complexity index is 377. The van der Waals surface area contributed by atoms with E-state index >= 15 is 0 Å². The van der Waals surface area contributed by atoms with Crippen LogP contribution >= 0.6 is 0 Å². The second-order valence-electron chi connectivity index (χ2n) is 3.86. The average Bonchev–Trinajstić information content (AvgIpc) is 2.16. The van der Waals surface area contributed by atoms with E-state index in [0.29, 0.717) is 18.7 Å². The fourth-order valence-electron chi connectivity index (χ4n) is 1.46. The quantitative estimate of drug-likeness (QED) is 0.585. The number of nitro benzene ring substituents is 1. The van der Waals surface area contributed by atoms with Crippen molar-refractivity contribution >= 4 is 5.69 Å². The zero-order valence-electron chi connectivity index (χ0n) is 9.43. The maximum atomic E-state index is 10.6. The first-order chi connectivity index (χ1) is 7.50. The van der Waals surface area contributed by atoms with Gasteiger partial charge in [0.05, 0.1) is 11.0 Å². The summed E-state index contributed by atoms with van der Waals surface area (Å²) in [7, 11) is 0. The molecule has 0 bridgehead atoms. The van der Waals surface area contributed by atoms with Crippen LogP contribution in [0.3, 0.4) is 0 Å². The number of rotatable bonds is 5. The van der Waals surface area contributed by atoms with Crippen LogP contribution in [0.15, 0.2) is 18.2 Å². The van der Waals surface area contributed by atoms with Crippen LogP contribution in [-0.2, 0) is 6.54 Å². The molecule has 0 aliphatic rings. The van der Waals surface area contributed by atoms with Crippen molar-refractivity contribution in [3.8, 4) is 0 Å². The molecular weight excluding hydrogens is 208 g/mol. The lowest BCUT2D eigenvalue weighted by atomic mass is 10.1. The molecule has 5 nitrogen and oxygen atoms in total. The number of aliphatic hydroxyl groups excluding tert-OH is 1. The Kier molecular flexibility index (Phi) is 4.39. The number of nitrogens with one attached hydrogen (secondary N) is 1. The van der Waals surface area contributed by atoms with Crippen LogP contribution < -0.4 is 5.32 Å². The van der Waals surface area contributed by atoms with E-state index in [4.69, 9.17) is 5.11 Å². The third-order valence-electron chi connectivity index (χ3n) is 2.23. The fourth-order valence-corrected chi connectivity index (χ4v) is 1.46. The molecule has 16 heavy (non-hydrogen) atoms. The fraction of sp³-hybridized carbons (Fsp3) is 0.455. The molecular formula is C11H16N2O3. The van der Waals surface area contributed by atoms with Crippen molar-refractivity contribution in [2.45, 2.75) is 26.5 Å². The molecule has 0 aromatic heterocycles. The molecule has 1 aromatic rings. The maximum absolute atomic E-state index is 10.6. The Balaban J connectivity index is 2.63. The van der Waals surface area contributed by atoms with E-state index in [2.05, 4.69) is 5.32 Å². The molecule has 0 aliphatic heterocycles. The number of benzene rings is 1. The first kappa shape index (κ1) is 12.6. The van der Waals surface area contributed by atoms with E-state index < -0.39 is 0 Å². The third kappa shape index (κ3) is 3.60.